The maximum absolute atomic E-state index is 13.4. The summed E-state index contributed by atoms with van der Waals surface area (Å²) in [5.41, 5.74) is 2.24. The van der Waals surface area contributed by atoms with E-state index in [4.69, 9.17) is 11.6 Å². The summed E-state index contributed by atoms with van der Waals surface area (Å²) >= 11 is 5.73. The monoisotopic (exact) mass is 348 g/mol. The van der Waals surface area contributed by atoms with Crippen molar-refractivity contribution in [3.8, 4) is 0 Å². The fraction of sp³-hybridized carbons (Fsp3) is 0.444. The van der Waals surface area contributed by atoms with Crippen molar-refractivity contribution in [3.63, 3.8) is 0 Å². The summed E-state index contributed by atoms with van der Waals surface area (Å²) in [5.74, 6) is 1.23. The minimum Gasteiger partial charge on any atom is -0.368 e. The molecule has 0 bridgehead atoms. The average molecular weight is 349 g/mol. The molecule has 1 N–H and O–H groups in total. The zero-order chi connectivity index (χ0) is 16.9. The average Bonchev–Trinajstić information content (AvgIpc) is 2.59. The van der Waals surface area contributed by atoms with Crippen molar-refractivity contribution in [2.24, 2.45) is 5.92 Å². The van der Waals surface area contributed by atoms with Crippen LogP contribution in [0, 0.1) is 18.7 Å². The summed E-state index contributed by atoms with van der Waals surface area (Å²) in [6.07, 6.45) is 2.25. The van der Waals surface area contributed by atoms with E-state index in [0.29, 0.717) is 11.1 Å². The minimum atomic E-state index is -0.154. The number of rotatable bonds is 5. The first kappa shape index (κ1) is 17.1. The van der Waals surface area contributed by atoms with Crippen LogP contribution in [0.3, 0.4) is 0 Å². The van der Waals surface area contributed by atoms with E-state index in [2.05, 4.69) is 20.4 Å². The summed E-state index contributed by atoms with van der Waals surface area (Å²) < 4.78 is 13.4. The van der Waals surface area contributed by atoms with Gasteiger partial charge in [0.15, 0.2) is 5.15 Å². The maximum Gasteiger partial charge on any atom is 0.151 e. The number of nitrogens with zero attached hydrogens (tertiary/aromatic N) is 3. The van der Waals surface area contributed by atoms with Gasteiger partial charge in [0.1, 0.15) is 11.6 Å². The first-order chi connectivity index (χ1) is 11.6. The highest BCUT2D eigenvalue weighted by Crippen LogP contribution is 2.21. The van der Waals surface area contributed by atoms with E-state index in [1.54, 1.807) is 12.1 Å². The zero-order valence-corrected chi connectivity index (χ0v) is 14.6. The van der Waals surface area contributed by atoms with Gasteiger partial charge in [-0.25, -0.2) is 4.39 Å². The summed E-state index contributed by atoms with van der Waals surface area (Å²) in [4.78, 5) is 2.40. The van der Waals surface area contributed by atoms with Gasteiger partial charge in [0.25, 0.3) is 0 Å². The lowest BCUT2D eigenvalue weighted by atomic mass is 9.96. The van der Waals surface area contributed by atoms with Crippen molar-refractivity contribution in [1.82, 2.24) is 15.1 Å². The third-order valence-corrected chi connectivity index (χ3v) is 4.82. The SMILES string of the molecule is Cc1ccc(F)cc1CN1CCC(CNc2ccc(Cl)nn2)CC1. The second kappa shape index (κ2) is 7.90. The number of hydrogen-bond acceptors (Lipinski definition) is 4. The van der Waals surface area contributed by atoms with Crippen molar-refractivity contribution in [2.75, 3.05) is 25.0 Å². The maximum atomic E-state index is 13.4. The van der Waals surface area contributed by atoms with E-state index >= 15 is 0 Å². The van der Waals surface area contributed by atoms with Gasteiger partial charge in [-0.3, -0.25) is 4.90 Å². The van der Waals surface area contributed by atoms with Crippen LogP contribution in [0.5, 0.6) is 0 Å². The Hall–Kier alpha value is -1.72. The number of nitrogens with one attached hydrogen (secondary N) is 1. The Morgan fingerprint density at radius 3 is 2.71 bits per heavy atom. The highest BCUT2D eigenvalue weighted by molar-refractivity contribution is 6.29. The van der Waals surface area contributed by atoms with Crippen molar-refractivity contribution in [3.05, 3.63) is 52.4 Å². The molecule has 0 unspecified atom stereocenters. The molecule has 0 aliphatic carbocycles. The molecule has 2 heterocycles. The summed E-state index contributed by atoms with van der Waals surface area (Å²) in [6.45, 7) is 5.83. The smallest absolute Gasteiger partial charge is 0.151 e. The Morgan fingerprint density at radius 2 is 2.00 bits per heavy atom. The molecule has 0 atom stereocenters. The summed E-state index contributed by atoms with van der Waals surface area (Å²) in [7, 11) is 0. The first-order valence-corrected chi connectivity index (χ1v) is 8.68. The molecule has 24 heavy (non-hydrogen) atoms. The van der Waals surface area contributed by atoms with Gasteiger partial charge in [0.2, 0.25) is 0 Å². The van der Waals surface area contributed by atoms with Gasteiger partial charge in [-0.05, 0) is 74.2 Å². The minimum absolute atomic E-state index is 0.154. The molecule has 6 heteroatoms. The Kier molecular flexibility index (Phi) is 5.63. The van der Waals surface area contributed by atoms with Gasteiger partial charge in [-0.1, -0.05) is 17.7 Å². The molecule has 1 aliphatic heterocycles. The number of anilines is 1. The lowest BCUT2D eigenvalue weighted by Crippen LogP contribution is -2.35. The standard InChI is InChI=1S/C18H22ClFN4/c1-13-2-3-16(20)10-15(13)12-24-8-6-14(7-9-24)11-21-18-5-4-17(19)22-23-18/h2-5,10,14H,6-9,11-12H2,1H3,(H,21,23). The molecule has 2 aromatic rings. The molecule has 1 aromatic heterocycles. The highest BCUT2D eigenvalue weighted by atomic mass is 35.5. The lowest BCUT2D eigenvalue weighted by molar-refractivity contribution is 0.182. The lowest BCUT2D eigenvalue weighted by Gasteiger charge is -2.32. The van der Waals surface area contributed by atoms with E-state index in [-0.39, 0.29) is 5.82 Å². The molecule has 3 rings (SSSR count). The Bertz CT molecular complexity index is 669. The Morgan fingerprint density at radius 1 is 1.21 bits per heavy atom. The van der Waals surface area contributed by atoms with Gasteiger partial charge >= 0.3 is 0 Å². The normalized spacial score (nSPS) is 16.3. The Balaban J connectivity index is 1.45. The van der Waals surface area contributed by atoms with Crippen LogP contribution in [0.25, 0.3) is 0 Å². The molecule has 1 saturated heterocycles. The predicted molar refractivity (Wildman–Crippen MR) is 94.7 cm³/mol. The predicted octanol–water partition coefficient (Wildman–Crippen LogP) is 3.90. The number of halogens is 2. The molecule has 4 nitrogen and oxygen atoms in total. The van der Waals surface area contributed by atoms with Gasteiger partial charge in [-0.15, -0.1) is 10.2 Å². The number of benzene rings is 1. The van der Waals surface area contributed by atoms with Crippen LogP contribution in [0.15, 0.2) is 30.3 Å². The second-order valence-electron chi connectivity index (χ2n) is 6.41. The molecular formula is C18H22ClFN4. The van der Waals surface area contributed by atoms with Crippen LogP contribution in [0.1, 0.15) is 24.0 Å². The largest absolute Gasteiger partial charge is 0.368 e. The third-order valence-electron chi connectivity index (χ3n) is 4.62. The van der Waals surface area contributed by atoms with Crippen LogP contribution >= 0.6 is 11.6 Å². The fourth-order valence-electron chi connectivity index (χ4n) is 3.06. The molecule has 0 amide bonds. The van der Waals surface area contributed by atoms with Gasteiger partial charge in [0, 0.05) is 13.1 Å². The quantitative estimate of drug-likeness (QED) is 0.889. The van der Waals surface area contributed by atoms with Crippen molar-refractivity contribution < 1.29 is 4.39 Å². The highest BCUT2D eigenvalue weighted by Gasteiger charge is 2.19. The molecular weight excluding hydrogens is 327 g/mol. The van der Waals surface area contributed by atoms with Crippen LogP contribution < -0.4 is 5.32 Å². The molecule has 0 saturated carbocycles. The fourth-order valence-corrected chi connectivity index (χ4v) is 3.16. The number of aromatic nitrogens is 2. The first-order valence-electron chi connectivity index (χ1n) is 8.30. The van der Waals surface area contributed by atoms with Gasteiger partial charge in [-0.2, -0.15) is 0 Å². The van der Waals surface area contributed by atoms with Crippen LogP contribution in [0.4, 0.5) is 10.2 Å². The van der Waals surface area contributed by atoms with Crippen molar-refractivity contribution in [1.29, 1.82) is 0 Å². The number of piperidine rings is 1. The summed E-state index contributed by atoms with van der Waals surface area (Å²) in [6, 6.07) is 8.62. The van der Waals surface area contributed by atoms with Crippen molar-refractivity contribution in [2.45, 2.75) is 26.3 Å². The molecule has 0 spiro atoms. The van der Waals surface area contributed by atoms with Crippen molar-refractivity contribution >= 4 is 17.4 Å². The van der Waals surface area contributed by atoms with E-state index in [0.717, 1.165) is 56.0 Å². The molecule has 1 aromatic carbocycles. The molecule has 128 valence electrons. The number of hydrogen-bond donors (Lipinski definition) is 1. The van der Waals surface area contributed by atoms with E-state index < -0.39 is 0 Å². The molecule has 1 fully saturated rings. The topological polar surface area (TPSA) is 41.0 Å². The van der Waals surface area contributed by atoms with Crippen LogP contribution in [-0.2, 0) is 6.54 Å². The van der Waals surface area contributed by atoms with E-state index in [1.807, 2.05) is 19.1 Å². The van der Waals surface area contributed by atoms with E-state index in [1.165, 1.54) is 6.07 Å². The summed E-state index contributed by atoms with van der Waals surface area (Å²) in [5, 5.41) is 11.6. The van der Waals surface area contributed by atoms with Crippen LogP contribution in [0.2, 0.25) is 5.15 Å². The zero-order valence-electron chi connectivity index (χ0n) is 13.8. The molecule has 0 radical (unpaired) electrons. The van der Waals surface area contributed by atoms with Gasteiger partial charge in [0.05, 0.1) is 0 Å². The van der Waals surface area contributed by atoms with Gasteiger partial charge < -0.3 is 5.32 Å². The number of aryl methyl sites for hydroxylation is 1. The molecule has 1 aliphatic rings. The second-order valence-corrected chi connectivity index (χ2v) is 6.80. The third kappa shape index (κ3) is 4.65. The van der Waals surface area contributed by atoms with E-state index in [9.17, 15) is 4.39 Å². The Labute approximate surface area is 147 Å². The number of likely N-dealkylation sites (tertiary alicyclic amines) is 1. The van der Waals surface area contributed by atoms with Crippen LogP contribution in [-0.4, -0.2) is 34.7 Å².